The van der Waals surface area contributed by atoms with E-state index in [2.05, 4.69) is 11.2 Å². The number of nitrogens with two attached hydrogens (primary N) is 1. The van der Waals surface area contributed by atoms with Crippen LogP contribution >= 0.6 is 23.2 Å². The van der Waals surface area contributed by atoms with Gasteiger partial charge in [0.25, 0.3) is 0 Å². The van der Waals surface area contributed by atoms with Crippen LogP contribution in [0.5, 0.6) is 0 Å². The van der Waals surface area contributed by atoms with Gasteiger partial charge in [-0.15, -0.1) is 0 Å². The maximum Gasteiger partial charge on any atom is 0.140 e. The van der Waals surface area contributed by atoms with Crippen LogP contribution in [0.1, 0.15) is 22.4 Å². The average Bonchev–Trinajstić information content (AvgIpc) is 2.88. The summed E-state index contributed by atoms with van der Waals surface area (Å²) in [5, 5.41) is 14.8. The van der Waals surface area contributed by atoms with Gasteiger partial charge in [-0.05, 0) is 35.4 Å². The molecule has 126 valence electrons. The second kappa shape index (κ2) is 7.14. The second-order valence-corrected chi connectivity index (χ2v) is 6.34. The quantitative estimate of drug-likeness (QED) is 0.734. The fraction of sp³-hybridized carbons (Fsp3) is 0.111. The Labute approximate surface area is 154 Å². The molecule has 0 saturated heterocycles. The second-order valence-electron chi connectivity index (χ2n) is 5.53. The van der Waals surface area contributed by atoms with Crippen LogP contribution in [0.3, 0.4) is 0 Å². The van der Waals surface area contributed by atoms with Crippen LogP contribution in [0.4, 0.5) is 10.2 Å². The van der Waals surface area contributed by atoms with Gasteiger partial charge < -0.3 is 5.73 Å². The van der Waals surface area contributed by atoms with Crippen molar-refractivity contribution in [2.45, 2.75) is 13.0 Å². The highest BCUT2D eigenvalue weighted by Crippen LogP contribution is 2.25. The predicted molar refractivity (Wildman–Crippen MR) is 96.1 cm³/mol. The number of halogens is 3. The average molecular weight is 375 g/mol. The maximum atomic E-state index is 13.0. The third kappa shape index (κ3) is 3.76. The zero-order valence-electron chi connectivity index (χ0n) is 13.0. The summed E-state index contributed by atoms with van der Waals surface area (Å²) in [4.78, 5) is 0. The molecule has 0 saturated carbocycles. The van der Waals surface area contributed by atoms with Gasteiger partial charge in [-0.25, -0.2) is 9.07 Å². The van der Waals surface area contributed by atoms with Crippen molar-refractivity contribution >= 4 is 29.0 Å². The highest BCUT2D eigenvalue weighted by Gasteiger charge is 2.16. The minimum absolute atomic E-state index is 0.283. The molecule has 0 spiro atoms. The topological polar surface area (TPSA) is 67.6 Å². The molecule has 0 aliphatic heterocycles. The van der Waals surface area contributed by atoms with E-state index in [1.165, 1.54) is 12.1 Å². The van der Waals surface area contributed by atoms with Crippen molar-refractivity contribution in [1.29, 1.82) is 5.26 Å². The van der Waals surface area contributed by atoms with Gasteiger partial charge in [-0.1, -0.05) is 41.4 Å². The molecule has 3 rings (SSSR count). The number of benzene rings is 2. The first-order valence-electron chi connectivity index (χ1n) is 7.41. The van der Waals surface area contributed by atoms with Crippen molar-refractivity contribution in [2.75, 3.05) is 5.73 Å². The Hall–Kier alpha value is -2.55. The van der Waals surface area contributed by atoms with E-state index >= 15 is 0 Å². The molecule has 0 atom stereocenters. The normalized spacial score (nSPS) is 10.6. The van der Waals surface area contributed by atoms with Crippen molar-refractivity contribution in [3.8, 4) is 6.07 Å². The Morgan fingerprint density at radius 2 is 1.76 bits per heavy atom. The molecule has 0 aliphatic carbocycles. The summed E-state index contributed by atoms with van der Waals surface area (Å²) in [7, 11) is 0. The fourth-order valence-corrected chi connectivity index (χ4v) is 2.82. The zero-order chi connectivity index (χ0) is 18.0. The first kappa shape index (κ1) is 17.3. The van der Waals surface area contributed by atoms with Crippen LogP contribution in [0.2, 0.25) is 10.0 Å². The van der Waals surface area contributed by atoms with E-state index in [0.717, 1.165) is 11.1 Å². The number of rotatable bonds is 4. The van der Waals surface area contributed by atoms with Crippen LogP contribution < -0.4 is 5.73 Å². The monoisotopic (exact) mass is 374 g/mol. The molecule has 2 aromatic carbocycles. The first-order valence-corrected chi connectivity index (χ1v) is 8.17. The molecule has 3 aromatic rings. The number of nitriles is 1. The van der Waals surface area contributed by atoms with Crippen LogP contribution in [0.25, 0.3) is 0 Å². The number of nitrogens with zero attached hydrogens (tertiary/aromatic N) is 3. The molecule has 0 amide bonds. The van der Waals surface area contributed by atoms with Gasteiger partial charge in [0.2, 0.25) is 0 Å². The van der Waals surface area contributed by atoms with Crippen molar-refractivity contribution in [2.24, 2.45) is 0 Å². The van der Waals surface area contributed by atoms with Crippen LogP contribution in [-0.2, 0) is 13.0 Å². The maximum absolute atomic E-state index is 13.0. The minimum Gasteiger partial charge on any atom is -0.383 e. The van der Waals surface area contributed by atoms with Gasteiger partial charge >= 0.3 is 0 Å². The number of anilines is 1. The molecule has 0 fully saturated rings. The molecular weight excluding hydrogens is 362 g/mol. The molecule has 7 heteroatoms. The largest absolute Gasteiger partial charge is 0.383 e. The summed E-state index contributed by atoms with van der Waals surface area (Å²) < 4.78 is 14.6. The van der Waals surface area contributed by atoms with E-state index in [4.69, 9.17) is 28.9 Å². The Morgan fingerprint density at radius 1 is 1.08 bits per heavy atom. The van der Waals surface area contributed by atoms with Crippen molar-refractivity contribution in [1.82, 2.24) is 9.78 Å². The Morgan fingerprint density at radius 3 is 2.40 bits per heavy atom. The highest BCUT2D eigenvalue weighted by atomic mass is 35.5. The molecule has 25 heavy (non-hydrogen) atoms. The van der Waals surface area contributed by atoms with Gasteiger partial charge in [0, 0.05) is 6.42 Å². The predicted octanol–water partition coefficient (Wildman–Crippen LogP) is 4.42. The molecule has 2 N–H and O–H groups in total. The molecule has 0 bridgehead atoms. The Kier molecular flexibility index (Phi) is 4.93. The lowest BCUT2D eigenvalue weighted by Gasteiger charge is -2.05. The first-order chi connectivity index (χ1) is 12.0. The number of hydrogen-bond acceptors (Lipinski definition) is 3. The van der Waals surface area contributed by atoms with Crippen LogP contribution in [-0.4, -0.2) is 9.78 Å². The lowest BCUT2D eigenvalue weighted by molar-refractivity contribution is 0.627. The van der Waals surface area contributed by atoms with Crippen LogP contribution in [0, 0.1) is 17.1 Å². The number of nitrogen functional groups attached to an aromatic ring is 1. The molecular formula is C18H13Cl2FN4. The van der Waals surface area contributed by atoms with Gasteiger partial charge in [0.05, 0.1) is 22.3 Å². The molecule has 4 nitrogen and oxygen atoms in total. The van der Waals surface area contributed by atoms with E-state index in [9.17, 15) is 9.65 Å². The zero-order valence-corrected chi connectivity index (χ0v) is 14.5. The molecule has 1 heterocycles. The third-order valence-corrected chi connectivity index (χ3v) is 4.52. The lowest BCUT2D eigenvalue weighted by atomic mass is 10.1. The summed E-state index contributed by atoms with van der Waals surface area (Å²) in [5.74, 6) is -0.0281. The Bertz CT molecular complexity index is 958. The summed E-state index contributed by atoms with van der Waals surface area (Å²) in [6, 6.07) is 13.4. The third-order valence-electron chi connectivity index (χ3n) is 3.78. The summed E-state index contributed by atoms with van der Waals surface area (Å²) >= 11 is 11.9. The minimum atomic E-state index is -0.311. The molecule has 0 aliphatic rings. The summed E-state index contributed by atoms with van der Waals surface area (Å²) in [6.07, 6.45) is 0.391. The van der Waals surface area contributed by atoms with E-state index in [1.54, 1.807) is 28.9 Å². The SMILES string of the molecule is N#Cc1c(Cc2ccc(F)cc2)nn(Cc2ccc(Cl)c(Cl)c2)c1N. The molecule has 1 aromatic heterocycles. The number of aromatic nitrogens is 2. The molecule has 0 radical (unpaired) electrons. The smallest absolute Gasteiger partial charge is 0.140 e. The lowest BCUT2D eigenvalue weighted by Crippen LogP contribution is -2.06. The fourth-order valence-electron chi connectivity index (χ4n) is 2.50. The summed E-state index contributed by atoms with van der Waals surface area (Å²) in [5.41, 5.74) is 8.65. The van der Waals surface area contributed by atoms with Crippen molar-refractivity contribution in [3.05, 3.63) is 80.7 Å². The highest BCUT2D eigenvalue weighted by molar-refractivity contribution is 6.42. The number of hydrogen-bond donors (Lipinski definition) is 1. The van der Waals surface area contributed by atoms with Gasteiger partial charge in [0.15, 0.2) is 0 Å². The molecule has 0 unspecified atom stereocenters. The van der Waals surface area contributed by atoms with Gasteiger partial charge in [0.1, 0.15) is 23.3 Å². The van der Waals surface area contributed by atoms with Gasteiger partial charge in [-0.2, -0.15) is 10.4 Å². The van der Waals surface area contributed by atoms with E-state index in [1.807, 2.05) is 6.07 Å². The standard InChI is InChI=1S/C18H13Cl2FN4/c19-15-6-3-12(7-16(15)20)10-25-18(23)14(9-22)17(24-25)8-11-1-4-13(21)5-2-11/h1-7H,8,10,23H2. The van der Waals surface area contributed by atoms with Gasteiger partial charge in [-0.3, -0.25) is 0 Å². The van der Waals surface area contributed by atoms with E-state index < -0.39 is 0 Å². The van der Waals surface area contributed by atoms with Crippen LogP contribution in [0.15, 0.2) is 42.5 Å². The van der Waals surface area contributed by atoms with Crippen molar-refractivity contribution < 1.29 is 4.39 Å². The van der Waals surface area contributed by atoms with E-state index in [0.29, 0.717) is 34.3 Å². The van der Waals surface area contributed by atoms with E-state index in [-0.39, 0.29) is 11.6 Å². The summed E-state index contributed by atoms with van der Waals surface area (Å²) in [6.45, 7) is 0.362. The Balaban J connectivity index is 1.90. The van der Waals surface area contributed by atoms with Crippen molar-refractivity contribution in [3.63, 3.8) is 0 Å².